The summed E-state index contributed by atoms with van der Waals surface area (Å²) in [4.78, 5) is 12.9. The Labute approximate surface area is 119 Å². The standard InChI is InChI=1S/C12H15BrN2O2S/c13-11-3-2-10(8-12(11)15(16)17)9-14-4-1-6-18-7-5-14/h2-3,8H,1,4-7,9H2. The fraction of sp³-hybridized carbons (Fsp3) is 0.500. The van der Waals surface area contributed by atoms with Crippen LogP contribution in [0.25, 0.3) is 0 Å². The number of hydrogen-bond acceptors (Lipinski definition) is 4. The molecule has 18 heavy (non-hydrogen) atoms. The number of nitrogens with zero attached hydrogens (tertiary/aromatic N) is 2. The molecular formula is C12H15BrN2O2S. The highest BCUT2D eigenvalue weighted by Crippen LogP contribution is 2.26. The van der Waals surface area contributed by atoms with E-state index in [-0.39, 0.29) is 10.6 Å². The SMILES string of the molecule is O=[N+]([O-])c1cc(CN2CCCSCC2)ccc1Br. The predicted molar refractivity (Wildman–Crippen MR) is 78.0 cm³/mol. The summed E-state index contributed by atoms with van der Waals surface area (Å²) >= 11 is 5.19. The first kappa shape index (κ1) is 13.8. The highest BCUT2D eigenvalue weighted by Gasteiger charge is 2.15. The Kier molecular flexibility index (Phi) is 5.03. The van der Waals surface area contributed by atoms with Gasteiger partial charge < -0.3 is 0 Å². The van der Waals surface area contributed by atoms with Crippen molar-refractivity contribution < 1.29 is 4.92 Å². The van der Waals surface area contributed by atoms with Crippen molar-refractivity contribution in [2.75, 3.05) is 24.6 Å². The van der Waals surface area contributed by atoms with Gasteiger partial charge in [-0.3, -0.25) is 15.0 Å². The van der Waals surface area contributed by atoms with Gasteiger partial charge in [-0.1, -0.05) is 6.07 Å². The average molecular weight is 331 g/mol. The maximum Gasteiger partial charge on any atom is 0.283 e. The van der Waals surface area contributed by atoms with Gasteiger partial charge in [0.1, 0.15) is 0 Å². The molecule has 1 aromatic rings. The van der Waals surface area contributed by atoms with Crippen LogP contribution in [0.4, 0.5) is 5.69 Å². The molecule has 0 spiro atoms. The van der Waals surface area contributed by atoms with Crippen LogP contribution < -0.4 is 0 Å². The van der Waals surface area contributed by atoms with Crippen LogP contribution in [0, 0.1) is 10.1 Å². The first-order valence-electron chi connectivity index (χ1n) is 5.90. The fourth-order valence-corrected chi connectivity index (χ4v) is 3.33. The van der Waals surface area contributed by atoms with Crippen molar-refractivity contribution in [2.45, 2.75) is 13.0 Å². The summed E-state index contributed by atoms with van der Waals surface area (Å²) in [6, 6.07) is 5.39. The molecule has 0 bridgehead atoms. The van der Waals surface area contributed by atoms with Crippen molar-refractivity contribution >= 4 is 33.4 Å². The van der Waals surface area contributed by atoms with E-state index in [0.29, 0.717) is 4.47 Å². The van der Waals surface area contributed by atoms with E-state index in [2.05, 4.69) is 20.8 Å². The first-order chi connectivity index (χ1) is 8.66. The van der Waals surface area contributed by atoms with E-state index in [0.717, 1.165) is 31.0 Å². The Bertz CT molecular complexity index is 434. The number of nitro groups is 1. The number of rotatable bonds is 3. The number of halogens is 1. The minimum atomic E-state index is -0.341. The van der Waals surface area contributed by atoms with Crippen molar-refractivity contribution in [3.63, 3.8) is 0 Å². The second-order valence-corrected chi connectivity index (χ2v) is 6.36. The van der Waals surface area contributed by atoms with Crippen LogP contribution in [0.2, 0.25) is 0 Å². The van der Waals surface area contributed by atoms with Gasteiger partial charge >= 0.3 is 0 Å². The summed E-state index contributed by atoms with van der Waals surface area (Å²) in [5.74, 6) is 2.37. The van der Waals surface area contributed by atoms with Gasteiger partial charge in [0.2, 0.25) is 0 Å². The van der Waals surface area contributed by atoms with Gasteiger partial charge in [0.15, 0.2) is 0 Å². The molecular weight excluding hydrogens is 316 g/mol. The van der Waals surface area contributed by atoms with Crippen molar-refractivity contribution in [2.24, 2.45) is 0 Å². The molecule has 0 saturated carbocycles. The molecule has 1 heterocycles. The molecule has 1 saturated heterocycles. The van der Waals surface area contributed by atoms with Crippen LogP contribution in [-0.4, -0.2) is 34.4 Å². The van der Waals surface area contributed by atoms with Gasteiger partial charge in [0, 0.05) is 24.9 Å². The predicted octanol–water partition coefficient (Wildman–Crippen LogP) is 3.30. The lowest BCUT2D eigenvalue weighted by Gasteiger charge is -2.19. The van der Waals surface area contributed by atoms with Crippen molar-refractivity contribution in [3.05, 3.63) is 38.3 Å². The Morgan fingerprint density at radius 2 is 2.22 bits per heavy atom. The largest absolute Gasteiger partial charge is 0.298 e. The molecule has 98 valence electrons. The zero-order valence-corrected chi connectivity index (χ0v) is 12.4. The van der Waals surface area contributed by atoms with Crippen LogP contribution in [0.1, 0.15) is 12.0 Å². The first-order valence-corrected chi connectivity index (χ1v) is 7.84. The highest BCUT2D eigenvalue weighted by molar-refractivity contribution is 9.10. The summed E-state index contributed by atoms with van der Waals surface area (Å²) in [5, 5.41) is 10.9. The monoisotopic (exact) mass is 330 g/mol. The van der Waals surface area contributed by atoms with E-state index in [1.165, 1.54) is 12.2 Å². The third-order valence-electron chi connectivity index (χ3n) is 2.93. The second kappa shape index (κ2) is 6.54. The smallest absolute Gasteiger partial charge is 0.283 e. The Morgan fingerprint density at radius 1 is 1.39 bits per heavy atom. The fourth-order valence-electron chi connectivity index (χ4n) is 2.01. The Hall–Kier alpha value is -0.590. The zero-order valence-electron chi connectivity index (χ0n) is 9.97. The Morgan fingerprint density at radius 3 is 3.00 bits per heavy atom. The molecule has 0 unspecified atom stereocenters. The minimum absolute atomic E-state index is 0.150. The van der Waals surface area contributed by atoms with Crippen LogP contribution in [0.5, 0.6) is 0 Å². The summed E-state index contributed by atoms with van der Waals surface area (Å²) < 4.78 is 0.544. The maximum absolute atomic E-state index is 10.9. The van der Waals surface area contributed by atoms with Gasteiger partial charge in [-0.25, -0.2) is 0 Å². The van der Waals surface area contributed by atoms with Crippen LogP contribution >= 0.6 is 27.7 Å². The van der Waals surface area contributed by atoms with E-state index in [4.69, 9.17) is 0 Å². The summed E-state index contributed by atoms with van der Waals surface area (Å²) in [7, 11) is 0. The molecule has 4 nitrogen and oxygen atoms in total. The number of nitro benzene ring substituents is 1. The molecule has 6 heteroatoms. The second-order valence-electron chi connectivity index (χ2n) is 4.28. The summed E-state index contributed by atoms with van der Waals surface area (Å²) in [6.07, 6.45) is 1.20. The third-order valence-corrected chi connectivity index (χ3v) is 4.65. The summed E-state index contributed by atoms with van der Waals surface area (Å²) in [6.45, 7) is 2.94. The topological polar surface area (TPSA) is 46.4 Å². The van der Waals surface area contributed by atoms with Crippen molar-refractivity contribution in [1.29, 1.82) is 0 Å². The van der Waals surface area contributed by atoms with Crippen LogP contribution in [0.3, 0.4) is 0 Å². The Balaban J connectivity index is 2.08. The molecule has 0 radical (unpaired) electrons. The third kappa shape index (κ3) is 3.70. The van der Waals surface area contributed by atoms with Crippen molar-refractivity contribution in [3.8, 4) is 0 Å². The molecule has 1 fully saturated rings. The van der Waals surface area contributed by atoms with Gasteiger partial charge in [0.25, 0.3) is 5.69 Å². The van der Waals surface area contributed by atoms with Gasteiger partial charge in [-0.05, 0) is 46.3 Å². The molecule has 0 aliphatic carbocycles. The zero-order chi connectivity index (χ0) is 13.0. The highest BCUT2D eigenvalue weighted by atomic mass is 79.9. The quantitative estimate of drug-likeness (QED) is 0.630. The molecule has 1 aliphatic heterocycles. The minimum Gasteiger partial charge on any atom is -0.298 e. The van der Waals surface area contributed by atoms with Crippen LogP contribution in [-0.2, 0) is 6.54 Å². The molecule has 0 N–H and O–H groups in total. The maximum atomic E-state index is 10.9. The van der Waals surface area contributed by atoms with Gasteiger partial charge in [-0.15, -0.1) is 0 Å². The van der Waals surface area contributed by atoms with E-state index in [1.807, 2.05) is 17.8 Å². The van der Waals surface area contributed by atoms with E-state index < -0.39 is 0 Å². The van der Waals surface area contributed by atoms with Gasteiger partial charge in [-0.2, -0.15) is 11.8 Å². The molecule has 0 atom stereocenters. The molecule has 0 aromatic heterocycles. The van der Waals surface area contributed by atoms with Crippen LogP contribution in [0.15, 0.2) is 22.7 Å². The number of thioether (sulfide) groups is 1. The molecule has 0 amide bonds. The lowest BCUT2D eigenvalue weighted by molar-refractivity contribution is -0.385. The van der Waals surface area contributed by atoms with E-state index in [1.54, 1.807) is 12.1 Å². The van der Waals surface area contributed by atoms with E-state index >= 15 is 0 Å². The lowest BCUT2D eigenvalue weighted by Crippen LogP contribution is -2.25. The average Bonchev–Trinajstić information content (AvgIpc) is 2.60. The molecule has 1 aliphatic rings. The lowest BCUT2D eigenvalue weighted by atomic mass is 10.2. The number of benzene rings is 1. The summed E-state index contributed by atoms with van der Waals surface area (Å²) in [5.41, 5.74) is 1.16. The number of hydrogen-bond donors (Lipinski definition) is 0. The normalized spacial score (nSPS) is 17.4. The molecule has 1 aromatic carbocycles. The van der Waals surface area contributed by atoms with E-state index in [9.17, 15) is 10.1 Å². The van der Waals surface area contributed by atoms with Gasteiger partial charge in [0.05, 0.1) is 9.40 Å². The molecule has 2 rings (SSSR count). The van der Waals surface area contributed by atoms with Crippen molar-refractivity contribution in [1.82, 2.24) is 4.90 Å².